The molecule has 2 rings (SSSR count). The van der Waals surface area contributed by atoms with Gasteiger partial charge in [-0.3, -0.25) is 4.79 Å². The largest absolute Gasteiger partial charge is 0.341 e. The zero-order chi connectivity index (χ0) is 13.8. The van der Waals surface area contributed by atoms with E-state index >= 15 is 0 Å². The third-order valence-electron chi connectivity index (χ3n) is 4.20. The average Bonchev–Trinajstić information content (AvgIpc) is 2.76. The number of hydrogen-bond acceptors (Lipinski definition) is 2. The molecule has 2 N–H and O–H groups in total. The monoisotopic (exact) mass is 260 g/mol. The quantitative estimate of drug-likeness (QED) is 0.900. The summed E-state index contributed by atoms with van der Waals surface area (Å²) in [5, 5.41) is 0. The molecule has 1 aromatic carbocycles. The number of hydrogen-bond donors (Lipinski definition) is 1. The first-order valence-electron chi connectivity index (χ1n) is 7.16. The summed E-state index contributed by atoms with van der Waals surface area (Å²) in [6, 6.07) is 9.84. The maximum atomic E-state index is 12.3. The summed E-state index contributed by atoms with van der Waals surface area (Å²) in [6.07, 6.45) is 1.59. The number of amides is 1. The summed E-state index contributed by atoms with van der Waals surface area (Å²) in [4.78, 5) is 14.2. The van der Waals surface area contributed by atoms with Crippen LogP contribution in [0.5, 0.6) is 0 Å². The van der Waals surface area contributed by atoms with Gasteiger partial charge >= 0.3 is 0 Å². The molecule has 3 atom stereocenters. The Balaban J connectivity index is 1.83. The van der Waals surface area contributed by atoms with Crippen LogP contribution in [-0.2, 0) is 11.2 Å². The highest BCUT2D eigenvalue weighted by Crippen LogP contribution is 2.22. The molecule has 0 saturated carbocycles. The van der Waals surface area contributed by atoms with E-state index in [1.807, 2.05) is 23.1 Å². The van der Waals surface area contributed by atoms with Crippen molar-refractivity contribution in [3.8, 4) is 0 Å². The van der Waals surface area contributed by atoms with Gasteiger partial charge in [-0.05, 0) is 30.2 Å². The smallest absolute Gasteiger partial charge is 0.239 e. The van der Waals surface area contributed by atoms with Gasteiger partial charge in [0.05, 0.1) is 6.04 Å². The molecule has 1 amide bonds. The van der Waals surface area contributed by atoms with Crippen LogP contribution < -0.4 is 5.73 Å². The van der Waals surface area contributed by atoms with Gasteiger partial charge < -0.3 is 10.6 Å². The van der Waals surface area contributed by atoms with Crippen LogP contribution in [0.15, 0.2) is 30.3 Å². The van der Waals surface area contributed by atoms with Crippen molar-refractivity contribution < 1.29 is 4.79 Å². The fraction of sp³-hybridized carbons (Fsp3) is 0.562. The number of carbonyl (C=O) groups excluding carboxylic acids is 1. The Kier molecular flexibility index (Phi) is 4.59. The molecule has 3 heteroatoms. The van der Waals surface area contributed by atoms with Crippen LogP contribution >= 0.6 is 0 Å². The Morgan fingerprint density at radius 3 is 2.42 bits per heavy atom. The lowest BCUT2D eigenvalue weighted by atomic mass is 10.0. The van der Waals surface area contributed by atoms with E-state index in [1.54, 1.807) is 0 Å². The summed E-state index contributed by atoms with van der Waals surface area (Å²) in [5.74, 6) is 1.29. The van der Waals surface area contributed by atoms with Gasteiger partial charge in [-0.15, -0.1) is 0 Å². The predicted molar refractivity (Wildman–Crippen MR) is 77.6 cm³/mol. The second kappa shape index (κ2) is 6.20. The van der Waals surface area contributed by atoms with Crippen molar-refractivity contribution in [2.45, 2.75) is 32.7 Å². The first-order chi connectivity index (χ1) is 9.08. The lowest BCUT2D eigenvalue weighted by molar-refractivity contribution is -0.131. The average molecular weight is 260 g/mol. The number of likely N-dealkylation sites (tertiary alicyclic amines) is 1. The molecule has 1 aliphatic rings. The molecule has 3 nitrogen and oxygen atoms in total. The fourth-order valence-corrected chi connectivity index (χ4v) is 2.63. The molecule has 0 radical (unpaired) electrons. The van der Waals surface area contributed by atoms with Crippen LogP contribution in [0.4, 0.5) is 0 Å². The van der Waals surface area contributed by atoms with Gasteiger partial charge in [0, 0.05) is 13.1 Å². The Morgan fingerprint density at radius 2 is 1.84 bits per heavy atom. The van der Waals surface area contributed by atoms with Crippen LogP contribution in [0.25, 0.3) is 0 Å². The lowest BCUT2D eigenvalue weighted by Gasteiger charge is -2.20. The summed E-state index contributed by atoms with van der Waals surface area (Å²) in [6.45, 7) is 6.12. The molecule has 0 aliphatic carbocycles. The third-order valence-corrected chi connectivity index (χ3v) is 4.20. The second-order valence-corrected chi connectivity index (χ2v) is 5.83. The topological polar surface area (TPSA) is 46.3 Å². The number of carbonyl (C=O) groups is 1. The van der Waals surface area contributed by atoms with E-state index in [9.17, 15) is 4.79 Å². The third kappa shape index (κ3) is 3.57. The van der Waals surface area contributed by atoms with Crippen LogP contribution in [0.3, 0.4) is 0 Å². The summed E-state index contributed by atoms with van der Waals surface area (Å²) in [7, 11) is 0. The van der Waals surface area contributed by atoms with Gasteiger partial charge in [0.15, 0.2) is 0 Å². The number of rotatable bonds is 4. The Labute approximate surface area is 115 Å². The molecule has 1 fully saturated rings. The minimum atomic E-state index is -0.363. The number of aryl methyl sites for hydroxylation is 1. The molecule has 1 heterocycles. The first-order valence-corrected chi connectivity index (χ1v) is 7.16. The maximum absolute atomic E-state index is 12.3. The van der Waals surface area contributed by atoms with Crippen molar-refractivity contribution >= 4 is 5.91 Å². The summed E-state index contributed by atoms with van der Waals surface area (Å²) < 4.78 is 0. The fourth-order valence-electron chi connectivity index (χ4n) is 2.63. The first kappa shape index (κ1) is 14.1. The minimum Gasteiger partial charge on any atom is -0.341 e. The highest BCUT2D eigenvalue weighted by atomic mass is 16.2. The van der Waals surface area contributed by atoms with Gasteiger partial charge in [-0.1, -0.05) is 44.2 Å². The van der Waals surface area contributed by atoms with E-state index in [0.717, 1.165) is 25.9 Å². The van der Waals surface area contributed by atoms with Gasteiger partial charge in [-0.25, -0.2) is 0 Å². The number of nitrogens with two attached hydrogens (primary N) is 1. The molecule has 0 bridgehead atoms. The minimum absolute atomic E-state index is 0.118. The van der Waals surface area contributed by atoms with E-state index < -0.39 is 0 Å². The Hall–Kier alpha value is -1.35. The molecule has 1 saturated heterocycles. The van der Waals surface area contributed by atoms with E-state index in [0.29, 0.717) is 11.8 Å². The molecule has 19 heavy (non-hydrogen) atoms. The number of benzene rings is 1. The van der Waals surface area contributed by atoms with E-state index in [2.05, 4.69) is 26.0 Å². The van der Waals surface area contributed by atoms with Crippen molar-refractivity contribution in [3.63, 3.8) is 0 Å². The molecular weight excluding hydrogens is 236 g/mol. The SMILES string of the molecule is CC1CN(C(=O)C(N)CCc2ccccc2)CC1C. The molecular formula is C16H24N2O. The Bertz CT molecular complexity index is 408. The lowest BCUT2D eigenvalue weighted by Crippen LogP contribution is -2.43. The van der Waals surface area contributed by atoms with Crippen molar-refractivity contribution in [3.05, 3.63) is 35.9 Å². The van der Waals surface area contributed by atoms with Crippen LogP contribution in [0.2, 0.25) is 0 Å². The summed E-state index contributed by atoms with van der Waals surface area (Å²) >= 11 is 0. The van der Waals surface area contributed by atoms with Crippen molar-refractivity contribution in [2.75, 3.05) is 13.1 Å². The Morgan fingerprint density at radius 1 is 1.26 bits per heavy atom. The van der Waals surface area contributed by atoms with Crippen molar-refractivity contribution in [1.82, 2.24) is 4.90 Å². The van der Waals surface area contributed by atoms with Gasteiger partial charge in [0.2, 0.25) is 5.91 Å². The highest BCUT2D eigenvalue weighted by Gasteiger charge is 2.31. The molecule has 1 aromatic rings. The second-order valence-electron chi connectivity index (χ2n) is 5.83. The molecule has 0 spiro atoms. The van der Waals surface area contributed by atoms with Gasteiger partial charge in [-0.2, -0.15) is 0 Å². The summed E-state index contributed by atoms with van der Waals surface area (Å²) in [5.41, 5.74) is 7.29. The van der Waals surface area contributed by atoms with Crippen LogP contribution in [0.1, 0.15) is 25.8 Å². The standard InChI is InChI=1S/C16H24N2O/c1-12-10-18(11-13(12)2)16(19)15(17)9-8-14-6-4-3-5-7-14/h3-7,12-13,15H,8-11,17H2,1-2H3. The van der Waals surface area contributed by atoms with E-state index in [4.69, 9.17) is 5.73 Å². The predicted octanol–water partition coefficient (Wildman–Crippen LogP) is 2.06. The maximum Gasteiger partial charge on any atom is 0.239 e. The normalized spacial score (nSPS) is 24.5. The number of nitrogens with zero attached hydrogens (tertiary/aromatic N) is 1. The molecule has 104 valence electrons. The van der Waals surface area contributed by atoms with Crippen molar-refractivity contribution in [1.29, 1.82) is 0 Å². The molecule has 0 aromatic heterocycles. The van der Waals surface area contributed by atoms with Gasteiger partial charge in [0.1, 0.15) is 0 Å². The zero-order valence-corrected chi connectivity index (χ0v) is 11.9. The van der Waals surface area contributed by atoms with E-state index in [1.165, 1.54) is 5.56 Å². The molecule has 1 aliphatic heterocycles. The zero-order valence-electron chi connectivity index (χ0n) is 11.9. The molecule has 3 unspecified atom stereocenters. The highest BCUT2D eigenvalue weighted by molar-refractivity contribution is 5.81. The van der Waals surface area contributed by atoms with Gasteiger partial charge in [0.25, 0.3) is 0 Å². The van der Waals surface area contributed by atoms with E-state index in [-0.39, 0.29) is 11.9 Å². The van der Waals surface area contributed by atoms with Crippen molar-refractivity contribution in [2.24, 2.45) is 17.6 Å². The van der Waals surface area contributed by atoms with Crippen LogP contribution in [-0.4, -0.2) is 29.9 Å². The van der Waals surface area contributed by atoms with Crippen LogP contribution in [0, 0.1) is 11.8 Å².